The van der Waals surface area contributed by atoms with Gasteiger partial charge in [-0.2, -0.15) is 0 Å². The van der Waals surface area contributed by atoms with E-state index in [-0.39, 0.29) is 22.9 Å². The summed E-state index contributed by atoms with van der Waals surface area (Å²) in [6.45, 7) is 7.65. The predicted octanol–water partition coefficient (Wildman–Crippen LogP) is 0.251. The van der Waals surface area contributed by atoms with Crippen molar-refractivity contribution < 1.29 is 14.4 Å². The van der Waals surface area contributed by atoms with Crippen LogP contribution in [0.3, 0.4) is 0 Å². The van der Waals surface area contributed by atoms with E-state index in [0.717, 1.165) is 12.8 Å². The summed E-state index contributed by atoms with van der Waals surface area (Å²) >= 11 is -1.13. The van der Waals surface area contributed by atoms with Gasteiger partial charge in [0.25, 0.3) is 0 Å². The highest BCUT2D eigenvalue weighted by Crippen LogP contribution is 2.21. The van der Waals surface area contributed by atoms with Crippen LogP contribution >= 0.6 is 0 Å². The van der Waals surface area contributed by atoms with Crippen molar-refractivity contribution in [1.82, 2.24) is 4.72 Å². The maximum Gasteiger partial charge on any atom is 0.170 e. The molecule has 0 aliphatic carbocycles. The lowest BCUT2D eigenvalue weighted by Crippen LogP contribution is -2.53. The summed E-state index contributed by atoms with van der Waals surface area (Å²) < 4.78 is 20.0. The minimum absolute atomic E-state index is 0.0720. The molecule has 0 bridgehead atoms. The second-order valence-corrected chi connectivity index (χ2v) is 7.59. The van der Waals surface area contributed by atoms with Gasteiger partial charge in [-0.25, -0.2) is 0 Å². The molecule has 5 nitrogen and oxygen atoms in total. The molecule has 0 aromatic heterocycles. The zero-order valence-electron chi connectivity index (χ0n) is 11.0. The summed E-state index contributed by atoms with van der Waals surface area (Å²) in [6.07, 6.45) is 0.436. The van der Waals surface area contributed by atoms with Gasteiger partial charge in [-0.1, -0.05) is 0 Å². The van der Waals surface area contributed by atoms with Gasteiger partial charge in [0.2, 0.25) is 0 Å². The van der Waals surface area contributed by atoms with E-state index in [0.29, 0.717) is 0 Å². The number of nitrogens with one attached hydrogen (secondary N) is 1. The van der Waals surface area contributed by atoms with Crippen LogP contribution in [0, 0.1) is 0 Å². The van der Waals surface area contributed by atoms with Crippen molar-refractivity contribution in [3.8, 4) is 0 Å². The fraction of sp³-hybridized carbons (Fsp3) is 1.00. The quantitative estimate of drug-likeness (QED) is 0.636. The van der Waals surface area contributed by atoms with Gasteiger partial charge in [0, 0.05) is 11.4 Å². The van der Waals surface area contributed by atoms with Crippen LogP contribution in [-0.4, -0.2) is 38.9 Å². The van der Waals surface area contributed by atoms with Gasteiger partial charge < -0.3 is 20.1 Å². The molecular formula is C11H24N2O3S. The third-order valence-electron chi connectivity index (χ3n) is 2.87. The van der Waals surface area contributed by atoms with E-state index in [1.165, 1.54) is 0 Å². The van der Waals surface area contributed by atoms with Gasteiger partial charge in [-0.3, -0.25) is 0 Å². The van der Waals surface area contributed by atoms with Crippen LogP contribution < -0.4 is 10.5 Å². The fourth-order valence-electron chi connectivity index (χ4n) is 1.64. The monoisotopic (exact) mass is 264 g/mol. The molecule has 0 saturated carbocycles. The Morgan fingerprint density at radius 1 is 1.47 bits per heavy atom. The maximum absolute atomic E-state index is 11.9. The predicted molar refractivity (Wildman–Crippen MR) is 68.6 cm³/mol. The van der Waals surface area contributed by atoms with Gasteiger partial charge in [0.15, 0.2) is 6.29 Å². The van der Waals surface area contributed by atoms with E-state index in [4.69, 9.17) is 10.5 Å². The highest BCUT2D eigenvalue weighted by molar-refractivity contribution is 7.90. The Labute approximate surface area is 106 Å². The largest absolute Gasteiger partial charge is 0.598 e. The molecule has 0 spiro atoms. The van der Waals surface area contributed by atoms with E-state index < -0.39 is 17.7 Å². The molecule has 1 saturated heterocycles. The number of ether oxygens (including phenoxy) is 1. The summed E-state index contributed by atoms with van der Waals surface area (Å²) in [7, 11) is 0. The van der Waals surface area contributed by atoms with Crippen LogP contribution in [-0.2, 0) is 16.1 Å². The van der Waals surface area contributed by atoms with Crippen LogP contribution in [0.4, 0.5) is 0 Å². The molecule has 0 aromatic carbocycles. The van der Waals surface area contributed by atoms with Gasteiger partial charge in [-0.15, -0.1) is 4.72 Å². The number of nitrogens with two attached hydrogens (primary N) is 1. The summed E-state index contributed by atoms with van der Waals surface area (Å²) in [5, 5.41) is 9.54. The topological polar surface area (TPSA) is 90.6 Å². The molecule has 4 N–H and O–H groups in total. The Morgan fingerprint density at radius 2 is 2.06 bits per heavy atom. The lowest BCUT2D eigenvalue weighted by Gasteiger charge is -2.36. The normalized spacial score (nSPS) is 34.4. The van der Waals surface area contributed by atoms with Crippen LogP contribution in [0.15, 0.2) is 0 Å². The molecule has 1 heterocycles. The van der Waals surface area contributed by atoms with Crippen molar-refractivity contribution >= 4 is 11.4 Å². The minimum Gasteiger partial charge on any atom is -0.598 e. The molecule has 1 aliphatic heterocycles. The molecule has 1 aliphatic rings. The highest BCUT2D eigenvalue weighted by Gasteiger charge is 2.35. The first-order valence-corrected chi connectivity index (χ1v) is 7.14. The fourth-order valence-corrected chi connectivity index (χ4v) is 2.48. The smallest absolute Gasteiger partial charge is 0.170 e. The molecule has 1 fully saturated rings. The van der Waals surface area contributed by atoms with Gasteiger partial charge in [0.05, 0.1) is 18.2 Å². The first kappa shape index (κ1) is 15.2. The average Bonchev–Trinajstić information content (AvgIpc) is 2.20. The Hall–Kier alpha value is 0.150. The lowest BCUT2D eigenvalue weighted by atomic mass is 10.0. The first-order valence-electron chi connectivity index (χ1n) is 5.99. The number of aliphatic hydroxyl groups excluding tert-OH is 1. The zero-order valence-corrected chi connectivity index (χ0v) is 11.8. The molecule has 6 heteroatoms. The van der Waals surface area contributed by atoms with Crippen LogP contribution in [0.1, 0.15) is 40.5 Å². The Morgan fingerprint density at radius 3 is 2.53 bits per heavy atom. The van der Waals surface area contributed by atoms with Gasteiger partial charge >= 0.3 is 0 Å². The average molecular weight is 264 g/mol. The molecule has 102 valence electrons. The van der Waals surface area contributed by atoms with E-state index in [1.54, 1.807) is 0 Å². The van der Waals surface area contributed by atoms with Gasteiger partial charge in [-0.05, 0) is 40.5 Å². The molecule has 2 unspecified atom stereocenters. The number of hydrogen-bond acceptors (Lipinski definition) is 5. The van der Waals surface area contributed by atoms with Crippen molar-refractivity contribution in [2.45, 2.75) is 69.8 Å². The van der Waals surface area contributed by atoms with E-state index >= 15 is 0 Å². The summed E-state index contributed by atoms with van der Waals surface area (Å²) in [5.41, 5.74) is 5.66. The third kappa shape index (κ3) is 4.39. The number of rotatable bonds is 3. The van der Waals surface area contributed by atoms with Crippen molar-refractivity contribution in [2.24, 2.45) is 5.73 Å². The summed E-state index contributed by atoms with van der Waals surface area (Å²) in [6, 6.07) is -0.385. The summed E-state index contributed by atoms with van der Waals surface area (Å²) in [5.74, 6) is 0. The third-order valence-corrected chi connectivity index (χ3v) is 4.57. The lowest BCUT2D eigenvalue weighted by molar-refractivity contribution is -0.177. The minimum atomic E-state index is -1.13. The van der Waals surface area contributed by atoms with Crippen molar-refractivity contribution in [3.63, 3.8) is 0 Å². The maximum atomic E-state index is 11.9. The molecule has 0 amide bonds. The zero-order chi connectivity index (χ0) is 13.2. The van der Waals surface area contributed by atoms with Crippen molar-refractivity contribution in [3.05, 3.63) is 0 Å². The Kier molecular flexibility index (Phi) is 5.24. The Bertz CT molecular complexity index is 247. The molecule has 5 atom stereocenters. The molecule has 1 rings (SSSR count). The van der Waals surface area contributed by atoms with E-state index in [9.17, 15) is 9.66 Å². The van der Waals surface area contributed by atoms with Crippen molar-refractivity contribution in [1.29, 1.82) is 0 Å². The summed E-state index contributed by atoms with van der Waals surface area (Å²) in [4.78, 5) is 0. The standard InChI is InChI=1S/C11H24N2O3S/c1-7(13-17(15)11(2,3)4)9-6-5-8(12)10(14)16-9/h7-10,13-14H,5-6,12H2,1-4H3/t7-,8?,9+,10?,17-/m1/s1. The number of aliphatic hydroxyl groups is 1. The highest BCUT2D eigenvalue weighted by atomic mass is 32.2. The first-order chi connectivity index (χ1) is 7.71. The molecule has 17 heavy (non-hydrogen) atoms. The second kappa shape index (κ2) is 5.86. The van der Waals surface area contributed by atoms with E-state index in [2.05, 4.69) is 4.72 Å². The van der Waals surface area contributed by atoms with Crippen LogP contribution in [0.5, 0.6) is 0 Å². The van der Waals surface area contributed by atoms with Gasteiger partial charge in [0.1, 0.15) is 4.75 Å². The second-order valence-electron chi connectivity index (χ2n) is 5.59. The van der Waals surface area contributed by atoms with Crippen LogP contribution in [0.2, 0.25) is 0 Å². The molecule has 0 aromatic rings. The van der Waals surface area contributed by atoms with Crippen LogP contribution in [0.25, 0.3) is 0 Å². The SMILES string of the molecule is C[C@@H](N[S@+]([O-])C(C)(C)C)[C@@H]1CCC(N)C(O)O1. The molecule has 0 radical (unpaired) electrons. The van der Waals surface area contributed by atoms with E-state index in [1.807, 2.05) is 27.7 Å². The Balaban J connectivity index is 2.46. The van der Waals surface area contributed by atoms with Crippen molar-refractivity contribution in [2.75, 3.05) is 0 Å². The number of hydrogen-bond donors (Lipinski definition) is 3. The molecular weight excluding hydrogens is 240 g/mol.